The molecule has 0 saturated carbocycles. The standard InChI is InChI=1S/C11H10.C7H8.C6H11N3.C5H11N.C4H7N3.C2H6.CH4/c1-9-6-7-10-4-2-3-5-11(10)8-9;1-7-5-3-2-4-6-7;1-6(8)9-5-3-2-4-7;1-6-4-2-3-5-6;1-4(6)7-3-2-5;1-2;/h2-8H,1H3;2-6H,1H3;2-3,5H2,1H3,(H2,8,9);2-5H2,1H3;3H2,1H3,(H2,6,7);1-2H3;1H4. The molecule has 1 saturated heterocycles. The first kappa shape index (κ1) is 43.3. The van der Waals surface area contributed by atoms with Crippen molar-refractivity contribution in [2.75, 3.05) is 33.2 Å². The van der Waals surface area contributed by atoms with Gasteiger partial charge in [-0.2, -0.15) is 10.5 Å². The van der Waals surface area contributed by atoms with Crippen molar-refractivity contribution >= 4 is 22.4 Å². The summed E-state index contributed by atoms with van der Waals surface area (Å²) in [4.78, 5) is 9.84. The van der Waals surface area contributed by atoms with E-state index in [9.17, 15) is 0 Å². The molecular formula is C36H57N7. The second kappa shape index (κ2) is 30.8. The molecule has 7 nitrogen and oxygen atoms in total. The van der Waals surface area contributed by atoms with Crippen molar-refractivity contribution in [3.05, 3.63) is 83.9 Å². The normalized spacial score (nSPS) is 11.7. The molecule has 4 rings (SSSR count). The number of hydrogen-bond acceptors (Lipinski definition) is 5. The number of aliphatic imine (C=N–C) groups is 2. The zero-order valence-corrected chi connectivity index (χ0v) is 27.0. The molecule has 0 aromatic heterocycles. The summed E-state index contributed by atoms with van der Waals surface area (Å²) < 4.78 is 0. The van der Waals surface area contributed by atoms with Crippen LogP contribution in [0.15, 0.2) is 82.8 Å². The van der Waals surface area contributed by atoms with Crippen molar-refractivity contribution in [2.45, 2.75) is 74.7 Å². The molecule has 43 heavy (non-hydrogen) atoms. The minimum absolute atomic E-state index is 0. The van der Waals surface area contributed by atoms with Crippen LogP contribution < -0.4 is 11.5 Å². The third kappa shape index (κ3) is 29.1. The van der Waals surface area contributed by atoms with E-state index in [-0.39, 0.29) is 14.0 Å². The highest BCUT2D eigenvalue weighted by atomic mass is 15.1. The van der Waals surface area contributed by atoms with Gasteiger partial charge >= 0.3 is 0 Å². The van der Waals surface area contributed by atoms with E-state index in [1.54, 1.807) is 13.8 Å². The number of amidine groups is 2. The number of nitriles is 2. The summed E-state index contributed by atoms with van der Waals surface area (Å²) >= 11 is 0. The van der Waals surface area contributed by atoms with E-state index in [4.69, 9.17) is 22.0 Å². The number of aryl methyl sites for hydroxylation is 2. The first-order valence-electron chi connectivity index (χ1n) is 14.6. The highest BCUT2D eigenvalue weighted by Gasteiger charge is 2.03. The largest absolute Gasteiger partial charge is 0.388 e. The van der Waals surface area contributed by atoms with Gasteiger partial charge in [0, 0.05) is 13.0 Å². The summed E-state index contributed by atoms with van der Waals surface area (Å²) in [5, 5.41) is 18.6. The lowest BCUT2D eigenvalue weighted by atomic mass is 10.1. The fraction of sp³-hybridized carbons (Fsp3) is 0.444. The van der Waals surface area contributed by atoms with E-state index in [0.29, 0.717) is 24.6 Å². The maximum Gasteiger partial charge on any atom is 0.128 e. The van der Waals surface area contributed by atoms with Crippen molar-refractivity contribution in [3.63, 3.8) is 0 Å². The molecular weight excluding hydrogens is 530 g/mol. The number of likely N-dealkylation sites (tertiary alicyclic amines) is 1. The Morgan fingerprint density at radius 3 is 1.70 bits per heavy atom. The first-order chi connectivity index (χ1) is 20.2. The Morgan fingerprint density at radius 2 is 1.30 bits per heavy atom. The predicted octanol–water partition coefficient (Wildman–Crippen LogP) is 8.07. The fourth-order valence-corrected chi connectivity index (χ4v) is 3.29. The summed E-state index contributed by atoms with van der Waals surface area (Å²) in [7, 11) is 2.17. The quantitative estimate of drug-likeness (QED) is 0.138. The fourth-order valence-electron chi connectivity index (χ4n) is 3.29. The number of rotatable bonds is 4. The van der Waals surface area contributed by atoms with Gasteiger partial charge in [-0.1, -0.05) is 105 Å². The molecule has 0 bridgehead atoms. The van der Waals surface area contributed by atoms with Gasteiger partial charge in [-0.05, 0) is 77.9 Å². The molecule has 236 valence electrons. The Hall–Kier alpha value is -4.20. The smallest absolute Gasteiger partial charge is 0.128 e. The van der Waals surface area contributed by atoms with Crippen molar-refractivity contribution < 1.29 is 0 Å². The molecule has 1 aliphatic heterocycles. The minimum Gasteiger partial charge on any atom is -0.388 e. The Kier molecular flexibility index (Phi) is 30.9. The Bertz CT molecular complexity index is 1190. The van der Waals surface area contributed by atoms with Gasteiger partial charge in [-0.3, -0.25) is 9.98 Å². The molecule has 7 heteroatoms. The molecule has 1 fully saturated rings. The van der Waals surface area contributed by atoms with Crippen LogP contribution in [0.2, 0.25) is 0 Å². The van der Waals surface area contributed by atoms with Crippen LogP contribution in [-0.4, -0.2) is 49.8 Å². The number of fused-ring (bicyclic) bond motifs is 1. The van der Waals surface area contributed by atoms with E-state index in [1.165, 1.54) is 47.8 Å². The topological polar surface area (TPSA) is 128 Å². The Morgan fingerprint density at radius 1 is 0.767 bits per heavy atom. The van der Waals surface area contributed by atoms with Crippen molar-refractivity contribution in [3.8, 4) is 12.1 Å². The van der Waals surface area contributed by atoms with E-state index >= 15 is 0 Å². The van der Waals surface area contributed by atoms with E-state index < -0.39 is 0 Å². The van der Waals surface area contributed by atoms with Crippen LogP contribution in [0.4, 0.5) is 0 Å². The van der Waals surface area contributed by atoms with Crippen LogP contribution >= 0.6 is 0 Å². The number of nitrogens with zero attached hydrogens (tertiary/aromatic N) is 5. The van der Waals surface area contributed by atoms with Crippen LogP contribution in [0, 0.1) is 36.5 Å². The number of unbranched alkanes of at least 4 members (excludes halogenated alkanes) is 1. The van der Waals surface area contributed by atoms with Gasteiger partial charge in [0.2, 0.25) is 0 Å². The van der Waals surface area contributed by atoms with E-state index in [0.717, 1.165) is 6.42 Å². The van der Waals surface area contributed by atoms with Gasteiger partial charge in [0.25, 0.3) is 0 Å². The predicted molar refractivity (Wildman–Crippen MR) is 189 cm³/mol. The van der Waals surface area contributed by atoms with Crippen LogP contribution in [0.5, 0.6) is 0 Å². The zero-order valence-electron chi connectivity index (χ0n) is 27.0. The second-order valence-electron chi connectivity index (χ2n) is 9.42. The molecule has 4 N–H and O–H groups in total. The zero-order chi connectivity index (χ0) is 32.0. The lowest BCUT2D eigenvalue weighted by Crippen LogP contribution is -2.10. The minimum atomic E-state index is 0. The summed E-state index contributed by atoms with van der Waals surface area (Å²) in [5.74, 6) is 1.05. The SMILES string of the molecule is C.CC.CC(N)=NCC#N.CC(N)=NCCCC#N.CN1CCCC1.Cc1ccc2ccccc2c1.Cc1ccccc1. The maximum absolute atomic E-state index is 8.10. The third-order valence-corrected chi connectivity index (χ3v) is 5.38. The van der Waals surface area contributed by atoms with Gasteiger partial charge in [0.1, 0.15) is 6.54 Å². The average Bonchev–Trinajstić information content (AvgIpc) is 3.48. The third-order valence-electron chi connectivity index (χ3n) is 5.38. The lowest BCUT2D eigenvalue weighted by Gasteiger charge is -2.01. The molecule has 0 atom stereocenters. The second-order valence-corrected chi connectivity index (χ2v) is 9.42. The molecule has 0 radical (unpaired) electrons. The van der Waals surface area contributed by atoms with Gasteiger partial charge in [-0.15, -0.1) is 0 Å². The Labute approximate surface area is 263 Å². The highest BCUT2D eigenvalue weighted by Crippen LogP contribution is 2.14. The Balaban J connectivity index is -0.000000463. The molecule has 3 aromatic rings. The maximum atomic E-state index is 8.10. The number of nitrogens with two attached hydrogens (primary N) is 2. The van der Waals surface area contributed by atoms with Crippen LogP contribution in [-0.2, 0) is 0 Å². The van der Waals surface area contributed by atoms with E-state index in [1.807, 2.05) is 44.2 Å². The summed E-state index contributed by atoms with van der Waals surface area (Å²) in [5.41, 5.74) is 13.0. The molecule has 0 aliphatic carbocycles. The molecule has 0 spiro atoms. The molecule has 1 aliphatic rings. The first-order valence-corrected chi connectivity index (χ1v) is 14.6. The molecule has 3 aromatic carbocycles. The molecule has 0 amide bonds. The van der Waals surface area contributed by atoms with Gasteiger partial charge in [0.15, 0.2) is 0 Å². The van der Waals surface area contributed by atoms with Crippen LogP contribution in [0.1, 0.15) is 71.9 Å². The monoisotopic (exact) mass is 587 g/mol. The van der Waals surface area contributed by atoms with Crippen molar-refractivity contribution in [2.24, 2.45) is 21.5 Å². The summed E-state index contributed by atoms with van der Waals surface area (Å²) in [6, 6.07) is 29.0. The number of hydrogen-bond donors (Lipinski definition) is 2. The summed E-state index contributed by atoms with van der Waals surface area (Å²) in [6.45, 7) is 15.1. The van der Waals surface area contributed by atoms with Crippen LogP contribution in [0.3, 0.4) is 0 Å². The summed E-state index contributed by atoms with van der Waals surface area (Å²) in [6.07, 6.45) is 4.20. The highest BCUT2D eigenvalue weighted by molar-refractivity contribution is 5.82. The number of benzene rings is 3. The average molecular weight is 588 g/mol. The van der Waals surface area contributed by atoms with Crippen molar-refractivity contribution in [1.29, 1.82) is 10.5 Å². The lowest BCUT2D eigenvalue weighted by molar-refractivity contribution is 0.418. The molecule has 0 unspecified atom stereocenters. The molecule has 1 heterocycles. The van der Waals surface area contributed by atoms with E-state index in [2.05, 4.69) is 90.4 Å². The van der Waals surface area contributed by atoms with Crippen molar-refractivity contribution in [1.82, 2.24) is 4.90 Å². The van der Waals surface area contributed by atoms with Crippen LogP contribution in [0.25, 0.3) is 10.8 Å². The van der Waals surface area contributed by atoms with Gasteiger partial charge in [0.05, 0.1) is 23.8 Å². The van der Waals surface area contributed by atoms with Gasteiger partial charge in [-0.25, -0.2) is 0 Å². The van der Waals surface area contributed by atoms with Gasteiger partial charge < -0.3 is 16.4 Å².